The van der Waals surface area contributed by atoms with Crippen molar-refractivity contribution in [2.45, 2.75) is 27.2 Å². The molecule has 0 saturated carbocycles. The smallest absolute Gasteiger partial charge is 0.203 e. The average Bonchev–Trinajstić information content (AvgIpc) is 2.93. The summed E-state index contributed by atoms with van der Waals surface area (Å²) in [6, 6.07) is 7.88. The molecule has 21 heavy (non-hydrogen) atoms. The van der Waals surface area contributed by atoms with E-state index in [9.17, 15) is 0 Å². The molecule has 0 atom stereocenters. The number of thiazole rings is 1. The number of hydrogen-bond donors (Lipinski definition) is 1. The highest BCUT2D eigenvalue weighted by Gasteiger charge is 2.05. The van der Waals surface area contributed by atoms with E-state index in [-0.39, 0.29) is 0 Å². The van der Waals surface area contributed by atoms with Crippen molar-refractivity contribution >= 4 is 22.2 Å². The molecule has 1 aromatic heterocycles. The maximum Gasteiger partial charge on any atom is 0.203 e. The van der Waals surface area contributed by atoms with E-state index in [4.69, 9.17) is 4.74 Å². The molecule has 112 valence electrons. The molecule has 0 saturated heterocycles. The number of anilines is 1. The van der Waals surface area contributed by atoms with Crippen LogP contribution >= 0.6 is 11.3 Å². The van der Waals surface area contributed by atoms with E-state index < -0.39 is 0 Å². The van der Waals surface area contributed by atoms with Crippen molar-refractivity contribution in [2.24, 2.45) is 11.0 Å². The summed E-state index contributed by atoms with van der Waals surface area (Å²) in [5.74, 6) is 1.46. The summed E-state index contributed by atoms with van der Waals surface area (Å²) in [4.78, 5) is 4.55. The van der Waals surface area contributed by atoms with Crippen LogP contribution in [0, 0.1) is 5.92 Å². The first-order valence-electron chi connectivity index (χ1n) is 6.97. The number of nitrogens with one attached hydrogen (secondary N) is 1. The molecule has 0 radical (unpaired) electrons. The van der Waals surface area contributed by atoms with Crippen molar-refractivity contribution in [3.63, 3.8) is 0 Å². The van der Waals surface area contributed by atoms with Gasteiger partial charge < -0.3 is 4.74 Å². The van der Waals surface area contributed by atoms with Crippen LogP contribution in [0.1, 0.15) is 27.2 Å². The third-order valence-electron chi connectivity index (χ3n) is 2.94. The monoisotopic (exact) mass is 303 g/mol. The maximum atomic E-state index is 5.16. The Morgan fingerprint density at radius 3 is 2.67 bits per heavy atom. The quantitative estimate of drug-likeness (QED) is 0.624. The zero-order valence-electron chi connectivity index (χ0n) is 12.9. The van der Waals surface area contributed by atoms with Gasteiger partial charge in [-0.15, -0.1) is 11.3 Å². The van der Waals surface area contributed by atoms with Crippen molar-refractivity contribution in [3.8, 4) is 17.0 Å². The summed E-state index contributed by atoms with van der Waals surface area (Å²) < 4.78 is 5.16. The number of ether oxygens (including phenoxy) is 1. The Morgan fingerprint density at radius 2 is 2.05 bits per heavy atom. The number of hydrogen-bond acceptors (Lipinski definition) is 5. The Balaban J connectivity index is 2.03. The first-order chi connectivity index (χ1) is 10.1. The Kier molecular flexibility index (Phi) is 5.33. The third-order valence-corrected chi connectivity index (χ3v) is 3.68. The van der Waals surface area contributed by atoms with E-state index in [1.54, 1.807) is 18.4 Å². The van der Waals surface area contributed by atoms with E-state index in [1.165, 1.54) is 0 Å². The molecule has 0 aliphatic carbocycles. The number of nitrogens with zero attached hydrogens (tertiary/aromatic N) is 2. The number of methoxy groups -OCH3 is 1. The summed E-state index contributed by atoms with van der Waals surface area (Å²) in [7, 11) is 1.66. The van der Waals surface area contributed by atoms with E-state index >= 15 is 0 Å². The number of rotatable bonds is 6. The fourth-order valence-electron chi connectivity index (χ4n) is 2.00. The molecule has 1 N–H and O–H groups in total. The van der Waals surface area contributed by atoms with Gasteiger partial charge in [-0.25, -0.2) is 4.98 Å². The van der Waals surface area contributed by atoms with Crippen molar-refractivity contribution in [2.75, 3.05) is 12.5 Å². The minimum Gasteiger partial charge on any atom is -0.497 e. The van der Waals surface area contributed by atoms with Gasteiger partial charge in [0, 0.05) is 16.7 Å². The third kappa shape index (κ3) is 4.56. The van der Waals surface area contributed by atoms with Gasteiger partial charge in [0.15, 0.2) is 0 Å². The summed E-state index contributed by atoms with van der Waals surface area (Å²) >= 11 is 1.55. The highest BCUT2D eigenvalue weighted by Crippen LogP contribution is 2.26. The summed E-state index contributed by atoms with van der Waals surface area (Å²) in [6.07, 6.45) is 0.990. The highest BCUT2D eigenvalue weighted by atomic mass is 32.1. The molecule has 0 unspecified atom stereocenters. The Labute approximate surface area is 129 Å². The zero-order chi connectivity index (χ0) is 15.2. The first-order valence-corrected chi connectivity index (χ1v) is 7.85. The molecule has 0 aliphatic rings. The Morgan fingerprint density at radius 1 is 1.33 bits per heavy atom. The average molecular weight is 303 g/mol. The van der Waals surface area contributed by atoms with Crippen LogP contribution in [0.5, 0.6) is 5.75 Å². The minimum atomic E-state index is 0.613. The van der Waals surface area contributed by atoms with Gasteiger partial charge in [0.05, 0.1) is 12.8 Å². The van der Waals surface area contributed by atoms with Gasteiger partial charge in [-0.1, -0.05) is 13.8 Å². The summed E-state index contributed by atoms with van der Waals surface area (Å²) in [5.41, 5.74) is 6.14. The summed E-state index contributed by atoms with van der Waals surface area (Å²) in [6.45, 7) is 6.40. The van der Waals surface area contributed by atoms with Crippen LogP contribution in [0.3, 0.4) is 0 Å². The molecule has 5 heteroatoms. The van der Waals surface area contributed by atoms with Gasteiger partial charge in [-0.3, -0.25) is 5.43 Å². The lowest BCUT2D eigenvalue weighted by molar-refractivity contribution is 0.415. The SMILES string of the molecule is COc1ccc(-c2csc(N/N=C(\C)CC(C)C)n2)cc1. The fraction of sp³-hybridized carbons (Fsp3) is 0.375. The number of benzene rings is 1. The van der Waals surface area contributed by atoms with E-state index in [2.05, 4.69) is 29.4 Å². The lowest BCUT2D eigenvalue weighted by atomic mass is 10.1. The molecule has 1 heterocycles. The molecule has 0 amide bonds. The zero-order valence-corrected chi connectivity index (χ0v) is 13.7. The topological polar surface area (TPSA) is 46.5 Å². The predicted molar refractivity (Wildman–Crippen MR) is 90.3 cm³/mol. The van der Waals surface area contributed by atoms with Gasteiger partial charge >= 0.3 is 0 Å². The standard InChI is InChI=1S/C16H21N3OS/c1-11(2)9-12(3)18-19-16-17-15(10-21-16)13-5-7-14(20-4)8-6-13/h5-8,10-11H,9H2,1-4H3,(H,17,19)/b18-12+. The summed E-state index contributed by atoms with van der Waals surface area (Å²) in [5, 5.41) is 7.20. The lowest BCUT2D eigenvalue weighted by Crippen LogP contribution is -2.01. The van der Waals surface area contributed by atoms with Gasteiger partial charge in [-0.2, -0.15) is 5.10 Å². The van der Waals surface area contributed by atoms with Crippen LogP contribution in [-0.4, -0.2) is 17.8 Å². The molecule has 1 aromatic carbocycles. The number of aromatic nitrogens is 1. The maximum absolute atomic E-state index is 5.16. The van der Waals surface area contributed by atoms with Gasteiger partial charge in [0.1, 0.15) is 5.75 Å². The van der Waals surface area contributed by atoms with Crippen LogP contribution < -0.4 is 10.2 Å². The second-order valence-electron chi connectivity index (χ2n) is 5.32. The van der Waals surface area contributed by atoms with Gasteiger partial charge in [-0.05, 0) is 43.5 Å². The van der Waals surface area contributed by atoms with E-state index in [0.717, 1.165) is 34.3 Å². The Bertz CT molecular complexity index is 602. The van der Waals surface area contributed by atoms with Crippen LogP contribution in [0.4, 0.5) is 5.13 Å². The molecule has 2 rings (SSSR count). The van der Waals surface area contributed by atoms with Crippen LogP contribution in [0.25, 0.3) is 11.3 Å². The van der Waals surface area contributed by atoms with Crippen LogP contribution in [0.15, 0.2) is 34.7 Å². The van der Waals surface area contributed by atoms with Crippen LogP contribution in [0.2, 0.25) is 0 Å². The van der Waals surface area contributed by atoms with Gasteiger partial charge in [0.25, 0.3) is 0 Å². The predicted octanol–water partition coefficient (Wildman–Crippen LogP) is 4.65. The molecule has 0 fully saturated rings. The Hall–Kier alpha value is -1.88. The largest absolute Gasteiger partial charge is 0.497 e. The van der Waals surface area contributed by atoms with Gasteiger partial charge in [0.2, 0.25) is 5.13 Å². The minimum absolute atomic E-state index is 0.613. The fourth-order valence-corrected chi connectivity index (χ4v) is 2.66. The molecule has 0 bridgehead atoms. The number of hydrazone groups is 1. The molecule has 2 aromatic rings. The molecular weight excluding hydrogens is 282 g/mol. The molecule has 0 spiro atoms. The van der Waals surface area contributed by atoms with Crippen molar-refractivity contribution in [1.82, 2.24) is 4.98 Å². The second-order valence-corrected chi connectivity index (χ2v) is 6.18. The van der Waals surface area contributed by atoms with E-state index in [1.807, 2.05) is 36.6 Å². The van der Waals surface area contributed by atoms with Crippen molar-refractivity contribution in [1.29, 1.82) is 0 Å². The molecule has 4 nitrogen and oxygen atoms in total. The second kappa shape index (κ2) is 7.22. The van der Waals surface area contributed by atoms with E-state index in [0.29, 0.717) is 5.92 Å². The van der Waals surface area contributed by atoms with Crippen molar-refractivity contribution in [3.05, 3.63) is 29.6 Å². The molecular formula is C16H21N3OS. The van der Waals surface area contributed by atoms with Crippen molar-refractivity contribution < 1.29 is 4.74 Å². The molecule has 0 aliphatic heterocycles. The normalized spacial score (nSPS) is 11.8. The van der Waals surface area contributed by atoms with Crippen LogP contribution in [-0.2, 0) is 0 Å². The lowest BCUT2D eigenvalue weighted by Gasteiger charge is -2.03. The highest BCUT2D eigenvalue weighted by molar-refractivity contribution is 7.14. The first kappa shape index (κ1) is 15.5.